The van der Waals surface area contributed by atoms with E-state index >= 15 is 0 Å². The van der Waals surface area contributed by atoms with Crippen LogP contribution in [0.5, 0.6) is 0 Å². The normalized spacial score (nSPS) is 11.4. The third-order valence-corrected chi connectivity index (χ3v) is 6.49. The number of nitrogens with zero attached hydrogens (tertiary/aromatic N) is 1. The molecule has 0 aliphatic heterocycles. The van der Waals surface area contributed by atoms with E-state index in [9.17, 15) is 0 Å². The highest BCUT2D eigenvalue weighted by atomic mass is 15.1. The van der Waals surface area contributed by atoms with Gasteiger partial charge in [0.15, 0.2) is 0 Å². The first-order chi connectivity index (χ1) is 17.6. The highest BCUT2D eigenvalue weighted by molar-refractivity contribution is 5.92. The van der Waals surface area contributed by atoms with Crippen molar-refractivity contribution in [1.82, 2.24) is 0 Å². The minimum Gasteiger partial charge on any atom is -0.311 e. The first kappa shape index (κ1) is 23.4. The molecule has 0 bridgehead atoms. The Balaban J connectivity index is 1.57. The van der Waals surface area contributed by atoms with Crippen molar-refractivity contribution < 1.29 is 0 Å². The SMILES string of the molecule is Cc1ccc(/C=C(\c2ccccc2)c2ccc(N(c3ccc(C)cc3)c3ccc(C)cc3)cc2)cc1. The van der Waals surface area contributed by atoms with Crippen molar-refractivity contribution in [3.63, 3.8) is 0 Å². The lowest BCUT2D eigenvalue weighted by Crippen LogP contribution is -2.10. The Morgan fingerprint density at radius 3 is 1.31 bits per heavy atom. The fraction of sp³-hybridized carbons (Fsp3) is 0.0857. The molecule has 5 aromatic carbocycles. The second-order valence-corrected chi connectivity index (χ2v) is 9.39. The number of aryl methyl sites for hydroxylation is 3. The molecule has 0 atom stereocenters. The number of benzene rings is 5. The molecule has 0 saturated carbocycles. The molecule has 5 rings (SSSR count). The summed E-state index contributed by atoms with van der Waals surface area (Å²) in [4.78, 5) is 2.31. The van der Waals surface area contributed by atoms with Crippen molar-refractivity contribution in [3.8, 4) is 0 Å². The van der Waals surface area contributed by atoms with E-state index in [2.05, 4.69) is 159 Å². The van der Waals surface area contributed by atoms with Gasteiger partial charge in [-0.2, -0.15) is 0 Å². The maximum atomic E-state index is 2.31. The highest BCUT2D eigenvalue weighted by Crippen LogP contribution is 2.36. The van der Waals surface area contributed by atoms with Crippen LogP contribution in [0.15, 0.2) is 127 Å². The molecule has 36 heavy (non-hydrogen) atoms. The first-order valence-corrected chi connectivity index (χ1v) is 12.4. The summed E-state index contributed by atoms with van der Waals surface area (Å²) in [6.45, 7) is 6.37. The summed E-state index contributed by atoms with van der Waals surface area (Å²) >= 11 is 0. The van der Waals surface area contributed by atoms with Crippen LogP contribution in [-0.4, -0.2) is 0 Å². The molecule has 0 aromatic heterocycles. The maximum absolute atomic E-state index is 2.31. The molecule has 0 N–H and O–H groups in total. The van der Waals surface area contributed by atoms with Crippen LogP contribution in [0.4, 0.5) is 17.1 Å². The van der Waals surface area contributed by atoms with Crippen LogP contribution in [-0.2, 0) is 0 Å². The van der Waals surface area contributed by atoms with E-state index in [-0.39, 0.29) is 0 Å². The van der Waals surface area contributed by atoms with Gasteiger partial charge in [-0.25, -0.2) is 0 Å². The summed E-state index contributed by atoms with van der Waals surface area (Å²) in [6.07, 6.45) is 2.28. The van der Waals surface area contributed by atoms with Crippen molar-refractivity contribution in [2.45, 2.75) is 20.8 Å². The minimum absolute atomic E-state index is 1.13. The molecular formula is C35H31N. The molecule has 176 valence electrons. The van der Waals surface area contributed by atoms with E-state index in [0.29, 0.717) is 0 Å². The maximum Gasteiger partial charge on any atom is 0.0462 e. The van der Waals surface area contributed by atoms with Crippen molar-refractivity contribution in [3.05, 3.63) is 161 Å². The fourth-order valence-electron chi connectivity index (χ4n) is 4.41. The van der Waals surface area contributed by atoms with E-state index in [4.69, 9.17) is 0 Å². The molecule has 0 amide bonds. The largest absolute Gasteiger partial charge is 0.311 e. The van der Waals surface area contributed by atoms with Gasteiger partial charge in [0.05, 0.1) is 0 Å². The van der Waals surface area contributed by atoms with E-state index in [1.807, 2.05) is 0 Å². The van der Waals surface area contributed by atoms with Gasteiger partial charge in [-0.15, -0.1) is 0 Å². The zero-order chi connectivity index (χ0) is 24.9. The van der Waals surface area contributed by atoms with Gasteiger partial charge in [0, 0.05) is 17.1 Å². The van der Waals surface area contributed by atoms with Gasteiger partial charge < -0.3 is 4.90 Å². The molecule has 0 saturated heterocycles. The Hall–Kier alpha value is -4.36. The van der Waals surface area contributed by atoms with Crippen LogP contribution >= 0.6 is 0 Å². The zero-order valence-corrected chi connectivity index (χ0v) is 21.1. The summed E-state index contributed by atoms with van der Waals surface area (Å²) in [5, 5.41) is 0. The van der Waals surface area contributed by atoms with Gasteiger partial charge in [0.2, 0.25) is 0 Å². The predicted octanol–water partition coefficient (Wildman–Crippen LogP) is 9.67. The summed E-state index contributed by atoms with van der Waals surface area (Å²) in [6, 6.07) is 45.7. The Bertz CT molecular complexity index is 1400. The quantitative estimate of drug-likeness (QED) is 0.226. The molecule has 5 aromatic rings. The summed E-state index contributed by atoms with van der Waals surface area (Å²) in [7, 11) is 0. The molecule has 0 heterocycles. The smallest absolute Gasteiger partial charge is 0.0462 e. The van der Waals surface area contributed by atoms with Crippen LogP contribution < -0.4 is 4.90 Å². The van der Waals surface area contributed by atoms with Crippen LogP contribution in [0, 0.1) is 20.8 Å². The van der Waals surface area contributed by atoms with Crippen molar-refractivity contribution in [2.24, 2.45) is 0 Å². The lowest BCUT2D eigenvalue weighted by atomic mass is 9.95. The minimum atomic E-state index is 1.13. The van der Waals surface area contributed by atoms with E-state index in [0.717, 1.165) is 17.1 Å². The zero-order valence-electron chi connectivity index (χ0n) is 21.1. The van der Waals surface area contributed by atoms with E-state index < -0.39 is 0 Å². The summed E-state index contributed by atoms with van der Waals surface area (Å²) < 4.78 is 0. The molecule has 0 fully saturated rings. The Morgan fingerprint density at radius 2 is 0.833 bits per heavy atom. The topological polar surface area (TPSA) is 3.24 Å². The standard InChI is InChI=1S/C35H31N/c1-26-9-15-29(16-10-26)25-35(30-7-5-4-6-8-30)31-17-23-34(24-18-31)36(32-19-11-27(2)12-20-32)33-21-13-28(3)14-22-33/h4-25H,1-3H3/b35-25+. The van der Waals surface area contributed by atoms with Crippen LogP contribution in [0.1, 0.15) is 33.4 Å². The molecule has 0 aliphatic rings. The Labute approximate surface area is 215 Å². The molecule has 0 unspecified atom stereocenters. The molecule has 1 nitrogen and oxygen atoms in total. The van der Waals surface area contributed by atoms with Crippen molar-refractivity contribution in [1.29, 1.82) is 0 Å². The van der Waals surface area contributed by atoms with Gasteiger partial charge in [0.25, 0.3) is 0 Å². The molecule has 0 radical (unpaired) electrons. The highest BCUT2D eigenvalue weighted by Gasteiger charge is 2.13. The first-order valence-electron chi connectivity index (χ1n) is 12.4. The molecular weight excluding hydrogens is 434 g/mol. The number of hydrogen-bond donors (Lipinski definition) is 0. The van der Waals surface area contributed by atoms with Gasteiger partial charge in [-0.05, 0) is 85.5 Å². The summed E-state index contributed by atoms with van der Waals surface area (Å²) in [5.74, 6) is 0. The number of anilines is 3. The molecule has 0 aliphatic carbocycles. The third-order valence-electron chi connectivity index (χ3n) is 6.49. The fourth-order valence-corrected chi connectivity index (χ4v) is 4.41. The van der Waals surface area contributed by atoms with Gasteiger partial charge in [-0.3, -0.25) is 0 Å². The van der Waals surface area contributed by atoms with Gasteiger partial charge in [-0.1, -0.05) is 108 Å². The van der Waals surface area contributed by atoms with Gasteiger partial charge in [0.1, 0.15) is 0 Å². The predicted molar refractivity (Wildman–Crippen MR) is 155 cm³/mol. The van der Waals surface area contributed by atoms with Crippen molar-refractivity contribution in [2.75, 3.05) is 4.90 Å². The van der Waals surface area contributed by atoms with Crippen molar-refractivity contribution >= 4 is 28.7 Å². The van der Waals surface area contributed by atoms with Gasteiger partial charge >= 0.3 is 0 Å². The third kappa shape index (κ3) is 5.31. The molecule has 1 heteroatoms. The van der Waals surface area contributed by atoms with E-state index in [1.165, 1.54) is 39.0 Å². The number of hydrogen-bond acceptors (Lipinski definition) is 1. The lowest BCUT2D eigenvalue weighted by molar-refractivity contribution is 1.27. The Morgan fingerprint density at radius 1 is 0.444 bits per heavy atom. The molecule has 0 spiro atoms. The monoisotopic (exact) mass is 465 g/mol. The summed E-state index contributed by atoms with van der Waals surface area (Å²) in [5.41, 5.74) is 12.0. The van der Waals surface area contributed by atoms with Crippen LogP contribution in [0.25, 0.3) is 11.6 Å². The van der Waals surface area contributed by atoms with Crippen LogP contribution in [0.2, 0.25) is 0 Å². The lowest BCUT2D eigenvalue weighted by Gasteiger charge is -2.26. The second-order valence-electron chi connectivity index (χ2n) is 9.39. The number of rotatable bonds is 6. The Kier molecular flexibility index (Phi) is 6.82. The average Bonchev–Trinajstić information content (AvgIpc) is 2.92. The average molecular weight is 466 g/mol. The van der Waals surface area contributed by atoms with E-state index in [1.54, 1.807) is 0 Å². The van der Waals surface area contributed by atoms with Crippen LogP contribution in [0.3, 0.4) is 0 Å². The second kappa shape index (κ2) is 10.5.